The Labute approximate surface area is 114 Å². The normalized spacial score (nSPS) is 22.5. The molecule has 5 heteroatoms. The van der Waals surface area contributed by atoms with Crippen molar-refractivity contribution in [1.82, 2.24) is 4.90 Å². The van der Waals surface area contributed by atoms with Gasteiger partial charge in [-0.3, -0.25) is 4.79 Å². The van der Waals surface area contributed by atoms with Crippen molar-refractivity contribution in [1.29, 1.82) is 0 Å². The molecule has 3 nitrogen and oxygen atoms in total. The van der Waals surface area contributed by atoms with Crippen molar-refractivity contribution in [2.75, 3.05) is 6.54 Å². The monoisotopic (exact) mass is 316 g/mol. The number of rotatable bonds is 2. The first-order valence-corrected chi connectivity index (χ1v) is 7.57. The van der Waals surface area contributed by atoms with Gasteiger partial charge in [0.2, 0.25) is 0 Å². The van der Waals surface area contributed by atoms with Gasteiger partial charge in [0.15, 0.2) is 0 Å². The molecule has 0 saturated carbocycles. The van der Waals surface area contributed by atoms with Crippen molar-refractivity contribution >= 4 is 33.2 Å². The summed E-state index contributed by atoms with van der Waals surface area (Å²) in [5.74, 6) is 0.119. The summed E-state index contributed by atoms with van der Waals surface area (Å²) in [4.78, 5) is 14.3. The van der Waals surface area contributed by atoms with E-state index in [4.69, 9.17) is 5.73 Å². The van der Waals surface area contributed by atoms with E-state index in [2.05, 4.69) is 15.9 Å². The van der Waals surface area contributed by atoms with E-state index in [1.54, 1.807) is 11.3 Å². The van der Waals surface area contributed by atoms with Crippen LogP contribution < -0.4 is 5.73 Å². The fraction of sp³-hybridized carbons (Fsp3) is 0.583. The maximum Gasteiger partial charge on any atom is 0.255 e. The Morgan fingerprint density at radius 1 is 1.65 bits per heavy atom. The number of nitrogens with two attached hydrogens (primary N) is 1. The lowest BCUT2D eigenvalue weighted by molar-refractivity contribution is 0.0584. The molecule has 1 aromatic heterocycles. The van der Waals surface area contributed by atoms with Gasteiger partial charge in [0.1, 0.15) is 0 Å². The van der Waals surface area contributed by atoms with Crippen LogP contribution in [0.1, 0.15) is 36.5 Å². The molecule has 0 bridgehead atoms. The highest BCUT2D eigenvalue weighted by atomic mass is 79.9. The number of halogens is 1. The first-order chi connectivity index (χ1) is 8.09. The highest BCUT2D eigenvalue weighted by Crippen LogP contribution is 2.25. The number of piperidine rings is 1. The summed E-state index contributed by atoms with van der Waals surface area (Å²) in [6.07, 6.45) is 3.28. The number of thiophene rings is 1. The lowest BCUT2D eigenvalue weighted by Crippen LogP contribution is -2.51. The second-order valence-electron chi connectivity index (χ2n) is 4.56. The molecular weight excluding hydrogens is 300 g/mol. The van der Waals surface area contributed by atoms with Gasteiger partial charge in [-0.25, -0.2) is 0 Å². The molecule has 2 N–H and O–H groups in total. The number of carbonyl (C=O) groups is 1. The Morgan fingerprint density at radius 3 is 3.00 bits per heavy atom. The number of hydrogen-bond acceptors (Lipinski definition) is 3. The molecule has 0 aliphatic carbocycles. The molecular formula is C12H17BrN2OS. The summed E-state index contributed by atoms with van der Waals surface area (Å²) >= 11 is 4.94. The van der Waals surface area contributed by atoms with E-state index in [9.17, 15) is 4.79 Å². The van der Waals surface area contributed by atoms with Crippen LogP contribution >= 0.6 is 27.3 Å². The second-order valence-corrected chi connectivity index (χ2v) is 6.85. The maximum absolute atomic E-state index is 12.4. The molecule has 1 amide bonds. The molecule has 1 aliphatic heterocycles. The number of likely N-dealkylation sites (tertiary alicyclic amines) is 1. The average molecular weight is 317 g/mol. The van der Waals surface area contributed by atoms with Crippen molar-refractivity contribution in [2.45, 2.75) is 38.3 Å². The largest absolute Gasteiger partial charge is 0.334 e. The summed E-state index contributed by atoms with van der Waals surface area (Å²) in [6.45, 7) is 2.82. The third-order valence-electron chi connectivity index (χ3n) is 3.23. The van der Waals surface area contributed by atoms with E-state index in [0.29, 0.717) is 0 Å². The Bertz CT molecular complexity index is 405. The molecule has 2 heterocycles. The van der Waals surface area contributed by atoms with Gasteiger partial charge in [0.25, 0.3) is 5.91 Å². The molecule has 0 spiro atoms. The van der Waals surface area contributed by atoms with E-state index in [0.717, 1.165) is 28.7 Å². The third kappa shape index (κ3) is 2.89. The molecule has 1 saturated heterocycles. The van der Waals surface area contributed by atoms with Gasteiger partial charge in [0.05, 0.1) is 9.35 Å². The summed E-state index contributed by atoms with van der Waals surface area (Å²) in [7, 11) is 0. The van der Waals surface area contributed by atoms with Crippen molar-refractivity contribution in [3.8, 4) is 0 Å². The molecule has 2 rings (SSSR count). The van der Waals surface area contributed by atoms with Crippen LogP contribution in [0.15, 0.2) is 15.2 Å². The van der Waals surface area contributed by atoms with Gasteiger partial charge in [-0.1, -0.05) is 0 Å². The van der Waals surface area contributed by atoms with E-state index in [1.165, 1.54) is 6.42 Å². The predicted octanol–water partition coefficient (Wildman–Crippen LogP) is 2.85. The summed E-state index contributed by atoms with van der Waals surface area (Å²) in [6, 6.07) is 2.12. The predicted molar refractivity (Wildman–Crippen MR) is 74.3 cm³/mol. The summed E-state index contributed by atoms with van der Waals surface area (Å²) in [5.41, 5.74) is 6.75. The smallest absolute Gasteiger partial charge is 0.255 e. The summed E-state index contributed by atoms with van der Waals surface area (Å²) in [5, 5.41) is 1.90. The van der Waals surface area contributed by atoms with Crippen molar-refractivity contribution < 1.29 is 4.79 Å². The zero-order valence-corrected chi connectivity index (χ0v) is 12.3. The Balaban J connectivity index is 2.16. The minimum absolute atomic E-state index is 0.0429. The van der Waals surface area contributed by atoms with Crippen LogP contribution in [-0.2, 0) is 0 Å². The average Bonchev–Trinajstić information content (AvgIpc) is 2.75. The van der Waals surface area contributed by atoms with Crippen LogP contribution in [0.5, 0.6) is 0 Å². The lowest BCUT2D eigenvalue weighted by Gasteiger charge is -2.37. The van der Waals surface area contributed by atoms with Crippen molar-refractivity contribution in [3.63, 3.8) is 0 Å². The SMILES string of the molecule is C[C@H](N)[C@H]1CCCCN1C(=O)c1csc(Br)c1. The van der Waals surface area contributed by atoms with Crippen molar-refractivity contribution in [3.05, 3.63) is 20.8 Å². The number of amides is 1. The van der Waals surface area contributed by atoms with Crippen LogP contribution in [0.2, 0.25) is 0 Å². The van der Waals surface area contributed by atoms with E-state index >= 15 is 0 Å². The third-order valence-corrected chi connectivity index (χ3v) is 4.74. The molecule has 2 atom stereocenters. The van der Waals surface area contributed by atoms with Gasteiger partial charge >= 0.3 is 0 Å². The van der Waals surface area contributed by atoms with Crippen LogP contribution in [0, 0.1) is 0 Å². The molecule has 0 unspecified atom stereocenters. The Morgan fingerprint density at radius 2 is 2.41 bits per heavy atom. The quantitative estimate of drug-likeness (QED) is 0.912. The fourth-order valence-electron chi connectivity index (χ4n) is 2.34. The first kappa shape index (κ1) is 13.1. The van der Waals surface area contributed by atoms with E-state index in [1.807, 2.05) is 23.3 Å². The molecule has 1 aliphatic rings. The number of carbonyl (C=O) groups excluding carboxylic acids is 1. The van der Waals surface area contributed by atoms with E-state index < -0.39 is 0 Å². The van der Waals surface area contributed by atoms with Gasteiger partial charge in [-0.15, -0.1) is 11.3 Å². The zero-order valence-electron chi connectivity index (χ0n) is 9.86. The van der Waals surface area contributed by atoms with E-state index in [-0.39, 0.29) is 18.0 Å². The maximum atomic E-state index is 12.4. The molecule has 0 radical (unpaired) electrons. The molecule has 1 fully saturated rings. The first-order valence-electron chi connectivity index (χ1n) is 5.90. The molecule has 1 aromatic rings. The van der Waals surface area contributed by atoms with Gasteiger partial charge < -0.3 is 10.6 Å². The highest BCUT2D eigenvalue weighted by Gasteiger charge is 2.30. The molecule has 17 heavy (non-hydrogen) atoms. The molecule has 0 aromatic carbocycles. The number of hydrogen-bond donors (Lipinski definition) is 1. The van der Waals surface area contributed by atoms with Gasteiger partial charge in [-0.2, -0.15) is 0 Å². The van der Waals surface area contributed by atoms with Crippen LogP contribution in [0.25, 0.3) is 0 Å². The van der Waals surface area contributed by atoms with Crippen LogP contribution in [0.3, 0.4) is 0 Å². The Hall–Kier alpha value is -0.390. The topological polar surface area (TPSA) is 46.3 Å². The minimum atomic E-state index is 0.0429. The van der Waals surface area contributed by atoms with Crippen LogP contribution in [-0.4, -0.2) is 29.4 Å². The molecule has 94 valence electrons. The second kappa shape index (κ2) is 5.50. The van der Waals surface area contributed by atoms with Gasteiger partial charge in [0, 0.05) is 24.0 Å². The Kier molecular flexibility index (Phi) is 4.22. The van der Waals surface area contributed by atoms with Crippen molar-refractivity contribution in [2.24, 2.45) is 5.73 Å². The van der Waals surface area contributed by atoms with Gasteiger partial charge in [-0.05, 0) is 48.2 Å². The zero-order chi connectivity index (χ0) is 12.4. The summed E-state index contributed by atoms with van der Waals surface area (Å²) < 4.78 is 0.996. The highest BCUT2D eigenvalue weighted by molar-refractivity contribution is 9.11. The van der Waals surface area contributed by atoms with Crippen LogP contribution in [0.4, 0.5) is 0 Å². The number of nitrogens with zero attached hydrogens (tertiary/aromatic N) is 1. The lowest BCUT2D eigenvalue weighted by atomic mass is 9.96. The minimum Gasteiger partial charge on any atom is -0.334 e. The standard InChI is InChI=1S/C12H17BrN2OS/c1-8(14)10-4-2-3-5-15(10)12(16)9-6-11(13)17-7-9/h6-8,10H,2-5,14H2,1H3/t8-,10+/m0/s1. The fourth-order valence-corrected chi connectivity index (χ4v) is 3.47.